The van der Waals surface area contributed by atoms with Gasteiger partial charge in [0.25, 0.3) is 5.91 Å². The van der Waals surface area contributed by atoms with Gasteiger partial charge >= 0.3 is 0 Å². The predicted molar refractivity (Wildman–Crippen MR) is 72.5 cm³/mol. The molecule has 3 N–H and O–H groups in total. The van der Waals surface area contributed by atoms with Gasteiger partial charge in [0, 0.05) is 11.6 Å². The second-order valence-corrected chi connectivity index (χ2v) is 5.43. The minimum atomic E-state index is -0.120. The van der Waals surface area contributed by atoms with Crippen LogP contribution in [-0.2, 0) is 0 Å². The van der Waals surface area contributed by atoms with Crippen LogP contribution in [0.15, 0.2) is 12.1 Å². The number of carbonyl (C=O) groups excluding carboxylic acids is 1. The molecule has 0 radical (unpaired) electrons. The first-order valence-electron chi connectivity index (χ1n) is 6.28. The molecule has 0 saturated heterocycles. The summed E-state index contributed by atoms with van der Waals surface area (Å²) < 4.78 is 0. The van der Waals surface area contributed by atoms with E-state index < -0.39 is 0 Å². The Morgan fingerprint density at radius 3 is 2.94 bits per heavy atom. The van der Waals surface area contributed by atoms with Crippen molar-refractivity contribution in [2.45, 2.75) is 38.6 Å². The van der Waals surface area contributed by atoms with Crippen molar-refractivity contribution >= 4 is 23.3 Å². The minimum Gasteiger partial charge on any atom is -0.384 e. The summed E-state index contributed by atoms with van der Waals surface area (Å²) in [6.07, 6.45) is 4.51. The van der Waals surface area contributed by atoms with Crippen LogP contribution in [0, 0.1) is 5.92 Å². The first-order valence-corrected chi connectivity index (χ1v) is 6.66. The number of rotatable bonds is 2. The number of hydrogen-bond acceptors (Lipinski definition) is 3. The summed E-state index contributed by atoms with van der Waals surface area (Å²) in [5, 5.41) is 3.29. The first kappa shape index (κ1) is 13.1. The fraction of sp³-hybridized carbons (Fsp3) is 0.538. The van der Waals surface area contributed by atoms with Gasteiger partial charge in [0.05, 0.1) is 0 Å². The van der Waals surface area contributed by atoms with Gasteiger partial charge in [0.2, 0.25) is 0 Å². The quantitative estimate of drug-likeness (QED) is 0.810. The van der Waals surface area contributed by atoms with Gasteiger partial charge in [-0.25, -0.2) is 4.98 Å². The number of nitrogens with zero attached hydrogens (tertiary/aromatic N) is 1. The molecule has 1 aliphatic rings. The van der Waals surface area contributed by atoms with E-state index >= 15 is 0 Å². The molecule has 4 nitrogen and oxygen atoms in total. The highest BCUT2D eigenvalue weighted by molar-refractivity contribution is 6.29. The topological polar surface area (TPSA) is 68.0 Å². The summed E-state index contributed by atoms with van der Waals surface area (Å²) >= 11 is 5.79. The van der Waals surface area contributed by atoms with E-state index in [1.165, 1.54) is 12.8 Å². The Bertz CT molecular complexity index is 430. The van der Waals surface area contributed by atoms with Gasteiger partial charge in [0.15, 0.2) is 0 Å². The van der Waals surface area contributed by atoms with Crippen LogP contribution in [0.2, 0.25) is 5.15 Å². The van der Waals surface area contributed by atoms with Crippen molar-refractivity contribution in [2.24, 2.45) is 5.92 Å². The molecule has 5 heteroatoms. The van der Waals surface area contributed by atoms with Gasteiger partial charge in [-0.2, -0.15) is 0 Å². The molecule has 0 bridgehead atoms. The summed E-state index contributed by atoms with van der Waals surface area (Å²) in [5.41, 5.74) is 6.05. The molecule has 1 aromatic heterocycles. The number of hydrogen-bond donors (Lipinski definition) is 2. The van der Waals surface area contributed by atoms with Crippen molar-refractivity contribution in [1.29, 1.82) is 0 Å². The van der Waals surface area contributed by atoms with Crippen molar-refractivity contribution in [3.05, 3.63) is 22.8 Å². The van der Waals surface area contributed by atoms with Crippen LogP contribution >= 0.6 is 11.6 Å². The Morgan fingerprint density at radius 1 is 1.50 bits per heavy atom. The van der Waals surface area contributed by atoms with E-state index in [9.17, 15) is 4.79 Å². The number of aromatic nitrogens is 1. The standard InChI is InChI=1S/C13H18ClN3O/c1-8-3-2-4-10(5-8)16-13(18)9-6-11(14)17-12(15)7-9/h6-8,10H,2-5H2,1H3,(H2,15,17)(H,16,18). The number of nitrogen functional groups attached to an aromatic ring is 1. The molecule has 1 saturated carbocycles. The number of nitrogens with one attached hydrogen (secondary N) is 1. The molecule has 2 rings (SSSR count). The lowest BCUT2D eigenvalue weighted by atomic mass is 9.87. The average molecular weight is 268 g/mol. The zero-order valence-corrected chi connectivity index (χ0v) is 11.2. The SMILES string of the molecule is CC1CCCC(NC(=O)c2cc(N)nc(Cl)c2)C1. The first-order chi connectivity index (χ1) is 8.54. The number of anilines is 1. The number of amides is 1. The largest absolute Gasteiger partial charge is 0.384 e. The zero-order chi connectivity index (χ0) is 13.1. The smallest absolute Gasteiger partial charge is 0.251 e. The van der Waals surface area contributed by atoms with Crippen molar-refractivity contribution in [3.8, 4) is 0 Å². The van der Waals surface area contributed by atoms with Crippen LogP contribution in [0.25, 0.3) is 0 Å². The summed E-state index contributed by atoms with van der Waals surface area (Å²) in [6.45, 7) is 2.22. The number of carbonyl (C=O) groups is 1. The minimum absolute atomic E-state index is 0.120. The van der Waals surface area contributed by atoms with Gasteiger partial charge in [-0.1, -0.05) is 31.4 Å². The molecule has 98 valence electrons. The molecule has 1 amide bonds. The van der Waals surface area contributed by atoms with Crippen LogP contribution in [0.5, 0.6) is 0 Å². The summed E-state index contributed by atoms with van der Waals surface area (Å²) in [5.74, 6) is 0.824. The van der Waals surface area contributed by atoms with Crippen LogP contribution in [0.4, 0.5) is 5.82 Å². The lowest BCUT2D eigenvalue weighted by Gasteiger charge is -2.27. The van der Waals surface area contributed by atoms with E-state index in [1.54, 1.807) is 12.1 Å². The van der Waals surface area contributed by atoms with Gasteiger partial charge in [-0.15, -0.1) is 0 Å². The highest BCUT2D eigenvalue weighted by Gasteiger charge is 2.21. The molecule has 1 aliphatic carbocycles. The molecule has 1 fully saturated rings. The molecule has 2 unspecified atom stereocenters. The monoisotopic (exact) mass is 267 g/mol. The molecule has 18 heavy (non-hydrogen) atoms. The summed E-state index contributed by atoms with van der Waals surface area (Å²) in [7, 11) is 0. The van der Waals surface area contributed by atoms with E-state index in [0.717, 1.165) is 12.8 Å². The van der Waals surface area contributed by atoms with Gasteiger partial charge < -0.3 is 11.1 Å². The Morgan fingerprint density at radius 2 is 2.28 bits per heavy atom. The Hall–Kier alpha value is -1.29. The van der Waals surface area contributed by atoms with Crippen LogP contribution < -0.4 is 11.1 Å². The molecule has 0 aromatic carbocycles. The van der Waals surface area contributed by atoms with Crippen molar-refractivity contribution in [3.63, 3.8) is 0 Å². The molecule has 0 spiro atoms. The molecule has 1 heterocycles. The number of pyridine rings is 1. The third-order valence-corrected chi connectivity index (χ3v) is 3.54. The second kappa shape index (κ2) is 5.57. The van der Waals surface area contributed by atoms with Crippen molar-refractivity contribution < 1.29 is 4.79 Å². The summed E-state index contributed by atoms with van der Waals surface area (Å²) in [6, 6.07) is 3.35. The fourth-order valence-corrected chi connectivity index (χ4v) is 2.70. The fourth-order valence-electron chi connectivity index (χ4n) is 2.48. The Balaban J connectivity index is 2.02. The maximum Gasteiger partial charge on any atom is 0.251 e. The second-order valence-electron chi connectivity index (χ2n) is 5.05. The molecule has 2 atom stereocenters. The van der Waals surface area contributed by atoms with Gasteiger partial charge in [-0.3, -0.25) is 4.79 Å². The number of nitrogens with two attached hydrogens (primary N) is 1. The van der Waals surface area contributed by atoms with E-state index in [4.69, 9.17) is 17.3 Å². The third kappa shape index (κ3) is 3.35. The lowest BCUT2D eigenvalue weighted by molar-refractivity contribution is 0.0921. The Labute approximate surface area is 112 Å². The molecule has 1 aromatic rings. The lowest BCUT2D eigenvalue weighted by Crippen LogP contribution is -2.38. The highest BCUT2D eigenvalue weighted by Crippen LogP contribution is 2.24. The molecular formula is C13H18ClN3O. The highest BCUT2D eigenvalue weighted by atomic mass is 35.5. The zero-order valence-electron chi connectivity index (χ0n) is 10.4. The maximum atomic E-state index is 12.1. The van der Waals surface area contributed by atoms with Crippen molar-refractivity contribution in [2.75, 3.05) is 5.73 Å². The molecule has 0 aliphatic heterocycles. The van der Waals surface area contributed by atoms with E-state index in [-0.39, 0.29) is 22.9 Å². The average Bonchev–Trinajstić information content (AvgIpc) is 2.27. The Kier molecular flexibility index (Phi) is 4.07. The van der Waals surface area contributed by atoms with Crippen molar-refractivity contribution in [1.82, 2.24) is 10.3 Å². The normalized spacial score (nSPS) is 23.7. The predicted octanol–water partition coefficient (Wildman–Crippen LogP) is 2.63. The van der Waals surface area contributed by atoms with Crippen LogP contribution in [-0.4, -0.2) is 16.9 Å². The van der Waals surface area contributed by atoms with E-state index in [2.05, 4.69) is 17.2 Å². The van der Waals surface area contributed by atoms with Crippen LogP contribution in [0.1, 0.15) is 43.0 Å². The van der Waals surface area contributed by atoms with Gasteiger partial charge in [-0.05, 0) is 30.9 Å². The maximum absolute atomic E-state index is 12.1. The van der Waals surface area contributed by atoms with Crippen LogP contribution in [0.3, 0.4) is 0 Å². The third-order valence-electron chi connectivity index (χ3n) is 3.35. The molecular weight excluding hydrogens is 250 g/mol. The van der Waals surface area contributed by atoms with E-state index in [0.29, 0.717) is 11.5 Å². The van der Waals surface area contributed by atoms with Gasteiger partial charge in [0.1, 0.15) is 11.0 Å². The van der Waals surface area contributed by atoms with E-state index in [1.807, 2.05) is 0 Å². The summed E-state index contributed by atoms with van der Waals surface area (Å²) in [4.78, 5) is 15.9. The number of halogens is 1.